The fourth-order valence-corrected chi connectivity index (χ4v) is 5.99. The van der Waals surface area contributed by atoms with Crippen molar-refractivity contribution in [1.29, 1.82) is 0 Å². The highest BCUT2D eigenvalue weighted by molar-refractivity contribution is 8.00. The summed E-state index contributed by atoms with van der Waals surface area (Å²) in [6, 6.07) is 23.7. The highest BCUT2D eigenvalue weighted by Gasteiger charge is 2.18. The average molecular weight is 579 g/mol. The molecule has 0 fully saturated rings. The lowest BCUT2D eigenvalue weighted by Crippen LogP contribution is -2.07. The van der Waals surface area contributed by atoms with E-state index in [4.69, 9.17) is 0 Å². The molecular formula is C28H18O8S3. The Morgan fingerprint density at radius 1 is 0.359 bits per heavy atom. The predicted molar refractivity (Wildman–Crippen MR) is 146 cm³/mol. The molecule has 0 aliphatic heterocycles. The standard InChI is InChI=1S/C28H18O8S3/c29-25(30)21-11-9-19(13-23(21)27(33)34)38-17-5-1-15(2-6-17)37-16-3-7-18(8-4-16)39-20-10-12-22(26(31)32)24(14-20)28(35)36/h1-14H,(H,29,30)(H,31,32)(H,33,34)(H,35,36). The number of carboxylic acids is 4. The number of carboxylic acid groups (broad SMARTS) is 4. The monoisotopic (exact) mass is 578 g/mol. The van der Waals surface area contributed by atoms with E-state index in [1.807, 2.05) is 48.5 Å². The Hall–Kier alpha value is -4.19. The van der Waals surface area contributed by atoms with Crippen LogP contribution in [0.5, 0.6) is 0 Å². The molecule has 0 saturated heterocycles. The molecule has 196 valence electrons. The average Bonchev–Trinajstić information content (AvgIpc) is 2.90. The van der Waals surface area contributed by atoms with Crippen molar-refractivity contribution in [1.82, 2.24) is 0 Å². The Bertz CT molecular complexity index is 1460. The largest absolute Gasteiger partial charge is 0.478 e. The van der Waals surface area contributed by atoms with Crippen LogP contribution in [0.15, 0.2) is 114 Å². The van der Waals surface area contributed by atoms with Crippen molar-refractivity contribution in [2.75, 3.05) is 0 Å². The van der Waals surface area contributed by atoms with Crippen molar-refractivity contribution >= 4 is 59.2 Å². The quantitative estimate of drug-likeness (QED) is 0.155. The highest BCUT2D eigenvalue weighted by atomic mass is 32.2. The van der Waals surface area contributed by atoms with Gasteiger partial charge in [0.2, 0.25) is 0 Å². The first-order valence-electron chi connectivity index (χ1n) is 11.1. The first kappa shape index (κ1) is 27.8. The maximum absolute atomic E-state index is 11.4. The SMILES string of the molecule is O=C(O)c1ccc(Sc2ccc(Sc3ccc(Sc4ccc(C(=O)O)c(C(=O)O)c4)cc3)cc2)cc1C(=O)O. The van der Waals surface area contributed by atoms with Gasteiger partial charge in [0.05, 0.1) is 22.3 Å². The summed E-state index contributed by atoms with van der Waals surface area (Å²) in [5.74, 6) is -5.18. The minimum atomic E-state index is -1.30. The molecule has 8 nitrogen and oxygen atoms in total. The van der Waals surface area contributed by atoms with Gasteiger partial charge in [0.15, 0.2) is 0 Å². The topological polar surface area (TPSA) is 149 Å². The van der Waals surface area contributed by atoms with Gasteiger partial charge in [0, 0.05) is 29.4 Å². The van der Waals surface area contributed by atoms with Gasteiger partial charge in [0.1, 0.15) is 0 Å². The number of benzene rings is 4. The van der Waals surface area contributed by atoms with Crippen LogP contribution in [-0.4, -0.2) is 44.3 Å². The number of rotatable bonds is 10. The molecule has 0 amide bonds. The van der Waals surface area contributed by atoms with Crippen LogP contribution < -0.4 is 0 Å². The Kier molecular flexibility index (Phi) is 8.65. The lowest BCUT2D eigenvalue weighted by atomic mass is 10.1. The summed E-state index contributed by atoms with van der Waals surface area (Å²) in [7, 11) is 0. The molecule has 0 aliphatic carbocycles. The van der Waals surface area contributed by atoms with Crippen LogP contribution in [0.4, 0.5) is 0 Å². The minimum Gasteiger partial charge on any atom is -0.478 e. The molecule has 4 aromatic carbocycles. The van der Waals surface area contributed by atoms with E-state index in [-0.39, 0.29) is 22.3 Å². The molecular weight excluding hydrogens is 561 g/mol. The maximum Gasteiger partial charge on any atom is 0.336 e. The van der Waals surface area contributed by atoms with Crippen LogP contribution in [-0.2, 0) is 0 Å². The van der Waals surface area contributed by atoms with Gasteiger partial charge in [-0.3, -0.25) is 0 Å². The van der Waals surface area contributed by atoms with Gasteiger partial charge in [-0.1, -0.05) is 35.3 Å². The molecule has 0 radical (unpaired) electrons. The second kappa shape index (κ2) is 12.1. The van der Waals surface area contributed by atoms with Gasteiger partial charge in [-0.2, -0.15) is 0 Å². The zero-order valence-corrected chi connectivity index (χ0v) is 22.2. The van der Waals surface area contributed by atoms with Crippen molar-refractivity contribution in [2.45, 2.75) is 29.4 Å². The fourth-order valence-electron chi connectivity index (χ4n) is 3.46. The predicted octanol–water partition coefficient (Wildman–Crippen LogP) is 6.93. The maximum atomic E-state index is 11.4. The van der Waals surface area contributed by atoms with E-state index in [1.54, 1.807) is 12.1 Å². The number of aromatic carboxylic acids is 4. The van der Waals surface area contributed by atoms with Gasteiger partial charge in [-0.05, 0) is 84.9 Å². The zero-order chi connectivity index (χ0) is 28.1. The minimum absolute atomic E-state index is 0.260. The summed E-state index contributed by atoms with van der Waals surface area (Å²) < 4.78 is 0. The summed E-state index contributed by atoms with van der Waals surface area (Å²) in [6.07, 6.45) is 0. The van der Waals surface area contributed by atoms with Crippen LogP contribution in [0.25, 0.3) is 0 Å². The van der Waals surface area contributed by atoms with Gasteiger partial charge in [-0.15, -0.1) is 0 Å². The number of hydrogen-bond acceptors (Lipinski definition) is 7. The first-order chi connectivity index (χ1) is 18.6. The van der Waals surface area contributed by atoms with Crippen LogP contribution in [0.1, 0.15) is 41.4 Å². The summed E-state index contributed by atoms with van der Waals surface area (Å²) in [5.41, 5.74) is -1.05. The van der Waals surface area contributed by atoms with Crippen LogP contribution in [0.3, 0.4) is 0 Å². The molecule has 39 heavy (non-hydrogen) atoms. The Labute approximate surface area is 234 Å². The lowest BCUT2D eigenvalue weighted by molar-refractivity contribution is 0.0651. The van der Waals surface area contributed by atoms with Crippen molar-refractivity contribution in [2.24, 2.45) is 0 Å². The van der Waals surface area contributed by atoms with E-state index >= 15 is 0 Å². The summed E-state index contributed by atoms with van der Waals surface area (Å²) in [6.45, 7) is 0. The summed E-state index contributed by atoms with van der Waals surface area (Å²) in [5, 5.41) is 37.0. The Morgan fingerprint density at radius 2 is 0.590 bits per heavy atom. The zero-order valence-electron chi connectivity index (χ0n) is 19.7. The number of carbonyl (C=O) groups is 4. The summed E-state index contributed by atoms with van der Waals surface area (Å²) in [4.78, 5) is 50.2. The summed E-state index contributed by atoms with van der Waals surface area (Å²) >= 11 is 4.19. The van der Waals surface area contributed by atoms with Crippen LogP contribution in [0.2, 0.25) is 0 Å². The molecule has 0 aliphatic rings. The second-order valence-electron chi connectivity index (χ2n) is 7.88. The van der Waals surface area contributed by atoms with E-state index in [2.05, 4.69) is 0 Å². The molecule has 0 spiro atoms. The van der Waals surface area contributed by atoms with Crippen molar-refractivity contribution < 1.29 is 39.6 Å². The van der Waals surface area contributed by atoms with Crippen LogP contribution in [0, 0.1) is 0 Å². The molecule has 0 bridgehead atoms. The Morgan fingerprint density at radius 3 is 0.846 bits per heavy atom. The molecule has 11 heteroatoms. The first-order valence-corrected chi connectivity index (χ1v) is 13.5. The lowest BCUT2D eigenvalue weighted by Gasteiger charge is -2.08. The molecule has 0 saturated carbocycles. The van der Waals surface area contributed by atoms with E-state index in [9.17, 15) is 39.6 Å². The fraction of sp³-hybridized carbons (Fsp3) is 0. The van der Waals surface area contributed by atoms with E-state index in [0.29, 0.717) is 9.79 Å². The molecule has 4 aromatic rings. The van der Waals surface area contributed by atoms with Crippen LogP contribution >= 0.6 is 35.3 Å². The van der Waals surface area contributed by atoms with Gasteiger partial charge < -0.3 is 20.4 Å². The van der Waals surface area contributed by atoms with E-state index in [0.717, 1.165) is 19.6 Å². The molecule has 4 N–H and O–H groups in total. The third kappa shape index (κ3) is 7.02. The third-order valence-electron chi connectivity index (χ3n) is 5.26. The van der Waals surface area contributed by atoms with Gasteiger partial charge in [-0.25, -0.2) is 19.2 Å². The van der Waals surface area contributed by atoms with Crippen molar-refractivity contribution in [3.05, 3.63) is 107 Å². The van der Waals surface area contributed by atoms with E-state index < -0.39 is 23.9 Å². The second-order valence-corrected chi connectivity index (χ2v) is 11.3. The van der Waals surface area contributed by atoms with E-state index in [1.165, 1.54) is 59.6 Å². The Balaban J connectivity index is 1.40. The highest BCUT2D eigenvalue weighted by Crippen LogP contribution is 2.35. The molecule has 0 unspecified atom stereocenters. The van der Waals surface area contributed by atoms with Gasteiger partial charge >= 0.3 is 23.9 Å². The molecule has 0 heterocycles. The normalized spacial score (nSPS) is 10.7. The smallest absolute Gasteiger partial charge is 0.336 e. The van der Waals surface area contributed by atoms with Gasteiger partial charge in [0.25, 0.3) is 0 Å². The number of hydrogen-bond donors (Lipinski definition) is 4. The molecule has 4 rings (SSSR count). The molecule has 0 atom stereocenters. The van der Waals surface area contributed by atoms with Crippen molar-refractivity contribution in [3.8, 4) is 0 Å². The van der Waals surface area contributed by atoms with Crippen molar-refractivity contribution in [3.63, 3.8) is 0 Å². The third-order valence-corrected chi connectivity index (χ3v) is 8.27. The molecule has 0 aromatic heterocycles.